The summed E-state index contributed by atoms with van der Waals surface area (Å²) in [4.78, 5) is 5.79. The number of guanidine groups is 1. The number of benzene rings is 2. The van der Waals surface area contributed by atoms with Crippen molar-refractivity contribution >= 4 is 12.0 Å². The van der Waals surface area contributed by atoms with E-state index in [1.807, 2.05) is 0 Å². The zero-order valence-corrected chi connectivity index (χ0v) is 19.1. The molecule has 13 heteroatoms. The highest BCUT2D eigenvalue weighted by Crippen LogP contribution is 2.39. The molecule has 0 bridgehead atoms. The topological polar surface area (TPSA) is 101 Å². The van der Waals surface area contributed by atoms with Gasteiger partial charge in [-0.25, -0.2) is 0 Å². The summed E-state index contributed by atoms with van der Waals surface area (Å²) in [6.07, 6.45) is -5.01. The number of nitrogens with zero attached hydrogens (tertiary/aromatic N) is 3. The third-order valence-electron chi connectivity index (χ3n) is 5.72. The van der Waals surface area contributed by atoms with E-state index in [4.69, 9.17) is 20.4 Å². The molecule has 3 aromatic rings. The van der Waals surface area contributed by atoms with Gasteiger partial charge in [0.2, 0.25) is 11.7 Å². The first-order chi connectivity index (χ1) is 17.4. The maximum absolute atomic E-state index is 13.7. The Hall–Kier alpha value is -4.03. The Balaban J connectivity index is 1.48. The molecule has 7 nitrogen and oxygen atoms in total. The van der Waals surface area contributed by atoms with Gasteiger partial charge in [0.25, 0.3) is 0 Å². The summed E-state index contributed by atoms with van der Waals surface area (Å²) in [7, 11) is 0. The molecular formula is C24H21F6N5O2. The van der Waals surface area contributed by atoms with Crippen LogP contribution in [0, 0.1) is 5.41 Å². The predicted molar refractivity (Wildman–Crippen MR) is 121 cm³/mol. The highest BCUT2D eigenvalue weighted by molar-refractivity contribution is 5.75. The quantitative estimate of drug-likeness (QED) is 0.236. The summed E-state index contributed by atoms with van der Waals surface area (Å²) >= 11 is 0. The van der Waals surface area contributed by atoms with E-state index in [9.17, 15) is 26.3 Å². The van der Waals surface area contributed by atoms with Crippen molar-refractivity contribution in [3.05, 3.63) is 71.1 Å². The number of halogens is 6. The number of aromatic nitrogens is 2. The third-order valence-corrected chi connectivity index (χ3v) is 5.72. The molecule has 37 heavy (non-hydrogen) atoms. The summed E-state index contributed by atoms with van der Waals surface area (Å²) in [5.74, 6) is -0.485. The molecule has 1 aromatic heterocycles. The highest BCUT2D eigenvalue weighted by atomic mass is 19.4. The van der Waals surface area contributed by atoms with Gasteiger partial charge >= 0.3 is 12.4 Å². The molecule has 196 valence electrons. The number of nitrogens with two attached hydrogens (primary N) is 1. The number of likely N-dealkylation sites (tertiary alicyclic amines) is 1. The van der Waals surface area contributed by atoms with Crippen molar-refractivity contribution in [3.63, 3.8) is 0 Å². The van der Waals surface area contributed by atoms with Crippen LogP contribution < -0.4 is 10.5 Å². The van der Waals surface area contributed by atoms with Gasteiger partial charge in [-0.15, -0.1) is 0 Å². The van der Waals surface area contributed by atoms with Crippen LogP contribution in [-0.4, -0.2) is 34.2 Å². The molecule has 3 N–H and O–H groups in total. The molecule has 0 saturated carbocycles. The van der Waals surface area contributed by atoms with Crippen molar-refractivity contribution < 1.29 is 35.6 Å². The molecule has 0 aliphatic carbocycles. The number of hydrogen-bond acceptors (Lipinski definition) is 5. The molecule has 0 radical (unpaired) electrons. The van der Waals surface area contributed by atoms with Gasteiger partial charge in [0.1, 0.15) is 18.4 Å². The number of alkyl halides is 6. The van der Waals surface area contributed by atoms with Crippen LogP contribution in [-0.2, 0) is 12.4 Å². The minimum absolute atomic E-state index is 0.0512. The Bertz CT molecular complexity index is 1280. The van der Waals surface area contributed by atoms with Gasteiger partial charge in [0, 0.05) is 12.1 Å². The Morgan fingerprint density at radius 1 is 1.11 bits per heavy atom. The van der Waals surface area contributed by atoms with Crippen molar-refractivity contribution in [3.8, 4) is 17.1 Å². The van der Waals surface area contributed by atoms with E-state index in [0.29, 0.717) is 18.5 Å². The van der Waals surface area contributed by atoms with Crippen LogP contribution in [0.15, 0.2) is 53.1 Å². The second kappa shape index (κ2) is 10.1. The molecule has 1 aliphatic heterocycles. The Kier molecular flexibility index (Phi) is 7.14. The van der Waals surface area contributed by atoms with Crippen LogP contribution in [0.3, 0.4) is 0 Å². The largest absolute Gasteiger partial charge is 0.489 e. The monoisotopic (exact) mass is 525 g/mol. The average Bonchev–Trinajstić information content (AvgIpc) is 3.51. The molecule has 0 amide bonds. The molecule has 0 spiro atoms. The molecule has 1 fully saturated rings. The van der Waals surface area contributed by atoms with Gasteiger partial charge in [0.05, 0.1) is 11.1 Å². The lowest BCUT2D eigenvalue weighted by Gasteiger charge is -2.21. The van der Waals surface area contributed by atoms with E-state index in [-0.39, 0.29) is 29.8 Å². The molecular weight excluding hydrogens is 504 g/mol. The second-order valence-electron chi connectivity index (χ2n) is 8.23. The molecule has 1 atom stereocenters. The van der Waals surface area contributed by atoms with Gasteiger partial charge in [-0.3, -0.25) is 5.41 Å². The fraction of sp³-hybridized carbons (Fsp3) is 0.292. The SMILES string of the molecule is N=C(N)N1CCC[C@H]1c1nc(-c2ccc(OCC=Cc3ccc(C(F)(F)F)cc3)c(C(F)(F)F)c2)no1. The van der Waals surface area contributed by atoms with Gasteiger partial charge < -0.3 is 19.9 Å². The van der Waals surface area contributed by atoms with E-state index in [0.717, 1.165) is 30.7 Å². The second-order valence-corrected chi connectivity index (χ2v) is 8.23. The number of ether oxygens (including phenoxy) is 1. The Labute approximate surface area is 207 Å². The van der Waals surface area contributed by atoms with E-state index < -0.39 is 35.3 Å². The van der Waals surface area contributed by atoms with Crippen LogP contribution >= 0.6 is 0 Å². The first-order valence-electron chi connectivity index (χ1n) is 11.1. The molecule has 2 heterocycles. The summed E-state index contributed by atoms with van der Waals surface area (Å²) < 4.78 is 89.7. The maximum Gasteiger partial charge on any atom is 0.419 e. The standard InChI is InChI=1S/C24H21F6N5O2/c25-23(26,27)16-8-5-14(6-9-16)3-2-12-36-19-10-7-15(13-17(19)24(28,29)30)20-33-21(37-34-20)18-4-1-11-35(18)22(31)32/h2-3,5-10,13,18H,1,4,11-12H2,(H3,31,32)/t18-/m0/s1. The van der Waals surface area contributed by atoms with Crippen LogP contribution in [0.5, 0.6) is 5.75 Å². The lowest BCUT2D eigenvalue weighted by atomic mass is 10.1. The predicted octanol–water partition coefficient (Wildman–Crippen LogP) is 5.90. The lowest BCUT2D eigenvalue weighted by Crippen LogP contribution is -2.35. The minimum Gasteiger partial charge on any atom is -0.489 e. The zero-order valence-electron chi connectivity index (χ0n) is 19.1. The fourth-order valence-electron chi connectivity index (χ4n) is 3.92. The van der Waals surface area contributed by atoms with Crippen molar-refractivity contribution in [2.45, 2.75) is 31.2 Å². The first kappa shape index (κ1) is 26.0. The minimum atomic E-state index is -4.74. The molecule has 2 aromatic carbocycles. The number of rotatable bonds is 6. The molecule has 4 rings (SSSR count). The van der Waals surface area contributed by atoms with Crippen molar-refractivity contribution in [2.24, 2.45) is 5.73 Å². The van der Waals surface area contributed by atoms with Gasteiger partial charge in [-0.05, 0) is 54.8 Å². The van der Waals surface area contributed by atoms with E-state index in [1.165, 1.54) is 30.4 Å². The van der Waals surface area contributed by atoms with Crippen LogP contribution in [0.2, 0.25) is 0 Å². The first-order valence-corrected chi connectivity index (χ1v) is 11.1. The van der Waals surface area contributed by atoms with Crippen molar-refractivity contribution in [2.75, 3.05) is 13.2 Å². The van der Waals surface area contributed by atoms with Gasteiger partial charge in [-0.2, -0.15) is 31.3 Å². The Morgan fingerprint density at radius 2 is 1.84 bits per heavy atom. The summed E-state index contributed by atoms with van der Waals surface area (Å²) in [5, 5.41) is 11.4. The molecule has 1 aliphatic rings. The summed E-state index contributed by atoms with van der Waals surface area (Å²) in [6, 6.07) is 7.24. The average molecular weight is 525 g/mol. The molecule has 1 saturated heterocycles. The van der Waals surface area contributed by atoms with E-state index in [2.05, 4.69) is 10.1 Å². The zero-order chi connectivity index (χ0) is 26.8. The highest BCUT2D eigenvalue weighted by Gasteiger charge is 2.36. The fourth-order valence-corrected chi connectivity index (χ4v) is 3.92. The van der Waals surface area contributed by atoms with Crippen LogP contribution in [0.4, 0.5) is 26.3 Å². The molecule has 0 unspecified atom stereocenters. The van der Waals surface area contributed by atoms with Gasteiger partial charge in [-0.1, -0.05) is 23.4 Å². The van der Waals surface area contributed by atoms with Crippen LogP contribution in [0.25, 0.3) is 17.5 Å². The van der Waals surface area contributed by atoms with Crippen molar-refractivity contribution in [1.82, 2.24) is 15.0 Å². The summed E-state index contributed by atoms with van der Waals surface area (Å²) in [5.41, 5.74) is 4.20. The third kappa shape index (κ3) is 6.04. The maximum atomic E-state index is 13.7. The van der Waals surface area contributed by atoms with Gasteiger partial charge in [0.15, 0.2) is 5.96 Å². The Morgan fingerprint density at radius 3 is 2.49 bits per heavy atom. The van der Waals surface area contributed by atoms with E-state index in [1.54, 1.807) is 4.90 Å². The number of hydrogen-bond donors (Lipinski definition) is 2. The van der Waals surface area contributed by atoms with Crippen molar-refractivity contribution in [1.29, 1.82) is 5.41 Å². The van der Waals surface area contributed by atoms with E-state index >= 15 is 0 Å². The lowest BCUT2D eigenvalue weighted by molar-refractivity contribution is -0.139. The normalized spacial score (nSPS) is 16.5. The number of nitrogens with one attached hydrogen (secondary N) is 1. The van der Waals surface area contributed by atoms with Crippen LogP contribution in [0.1, 0.15) is 41.5 Å². The smallest absolute Gasteiger partial charge is 0.419 e. The summed E-state index contributed by atoms with van der Waals surface area (Å²) in [6.45, 7) is 0.285.